The van der Waals surface area contributed by atoms with Crippen LogP contribution in [0, 0.1) is 6.92 Å². The molecule has 0 bridgehead atoms. The Kier molecular flexibility index (Phi) is 6.98. The molecular formula is C19H23ClN3O2+. The van der Waals surface area contributed by atoms with E-state index in [0.29, 0.717) is 11.6 Å². The molecule has 0 radical (unpaired) electrons. The van der Waals surface area contributed by atoms with Crippen LogP contribution < -0.4 is 15.5 Å². The number of halogens is 1. The lowest BCUT2D eigenvalue weighted by Gasteiger charge is -2.14. The second-order valence-electron chi connectivity index (χ2n) is 6.13. The highest BCUT2D eigenvalue weighted by atomic mass is 35.5. The number of nitrogens with one attached hydrogen (secondary N) is 3. The maximum atomic E-state index is 12.0. The molecule has 6 heteroatoms. The number of likely N-dealkylation sites (N-methyl/N-ethyl adjacent to an activating group) is 1. The number of amides is 2. The Balaban J connectivity index is 1.72. The number of quaternary nitrogens is 1. The highest BCUT2D eigenvalue weighted by Crippen LogP contribution is 2.09. The fourth-order valence-corrected chi connectivity index (χ4v) is 2.44. The number of carbonyl (C=O) groups is 2. The molecule has 25 heavy (non-hydrogen) atoms. The highest BCUT2D eigenvalue weighted by molar-refractivity contribution is 6.30. The maximum absolute atomic E-state index is 12.0. The SMILES string of the molecule is Cc1ccc(NC(=O)C[NH+](C)CC(=O)NCc2ccc(Cl)cc2)cc1. The van der Waals surface area contributed by atoms with Crippen molar-refractivity contribution in [3.8, 4) is 0 Å². The zero-order valence-electron chi connectivity index (χ0n) is 14.4. The Morgan fingerprint density at radius 2 is 1.56 bits per heavy atom. The van der Waals surface area contributed by atoms with Gasteiger partial charge in [0.15, 0.2) is 13.1 Å². The van der Waals surface area contributed by atoms with E-state index in [4.69, 9.17) is 11.6 Å². The molecule has 0 aliphatic rings. The zero-order chi connectivity index (χ0) is 18.2. The molecule has 2 amide bonds. The van der Waals surface area contributed by atoms with Crippen molar-refractivity contribution in [2.24, 2.45) is 0 Å². The number of rotatable bonds is 7. The summed E-state index contributed by atoms with van der Waals surface area (Å²) in [6.45, 7) is 2.89. The molecule has 2 rings (SSSR count). The van der Waals surface area contributed by atoms with Gasteiger partial charge in [-0.15, -0.1) is 0 Å². The van der Waals surface area contributed by atoms with E-state index < -0.39 is 0 Å². The Morgan fingerprint density at radius 1 is 0.960 bits per heavy atom. The molecule has 0 saturated carbocycles. The molecule has 3 N–H and O–H groups in total. The molecule has 1 unspecified atom stereocenters. The van der Waals surface area contributed by atoms with Gasteiger partial charge in [-0.3, -0.25) is 9.59 Å². The Labute approximate surface area is 153 Å². The number of hydrogen-bond acceptors (Lipinski definition) is 2. The van der Waals surface area contributed by atoms with Crippen LogP contribution in [0.25, 0.3) is 0 Å². The van der Waals surface area contributed by atoms with Crippen LogP contribution in [0.1, 0.15) is 11.1 Å². The van der Waals surface area contributed by atoms with E-state index in [1.807, 2.05) is 50.4 Å². The third kappa shape index (κ3) is 6.95. The van der Waals surface area contributed by atoms with Crippen molar-refractivity contribution >= 4 is 29.1 Å². The van der Waals surface area contributed by atoms with Crippen molar-refractivity contribution in [2.45, 2.75) is 13.5 Å². The predicted molar refractivity (Wildman–Crippen MR) is 99.7 cm³/mol. The summed E-state index contributed by atoms with van der Waals surface area (Å²) in [7, 11) is 1.82. The molecule has 0 fully saturated rings. The lowest BCUT2D eigenvalue weighted by Crippen LogP contribution is -3.11. The second kappa shape index (κ2) is 9.20. The minimum atomic E-state index is -0.119. The molecule has 0 saturated heterocycles. The lowest BCUT2D eigenvalue weighted by atomic mass is 10.2. The Morgan fingerprint density at radius 3 is 2.20 bits per heavy atom. The molecule has 0 spiro atoms. The largest absolute Gasteiger partial charge is 0.347 e. The van der Waals surface area contributed by atoms with Gasteiger partial charge in [0.05, 0.1) is 7.05 Å². The van der Waals surface area contributed by atoms with Crippen molar-refractivity contribution in [2.75, 3.05) is 25.5 Å². The molecule has 0 aromatic heterocycles. The number of carbonyl (C=O) groups excluding carboxylic acids is 2. The smallest absolute Gasteiger partial charge is 0.279 e. The number of aryl methyl sites for hydroxylation is 1. The van der Waals surface area contributed by atoms with Crippen LogP contribution in [0.3, 0.4) is 0 Å². The molecule has 1 atom stereocenters. The molecule has 0 heterocycles. The van der Waals surface area contributed by atoms with Crippen molar-refractivity contribution in [1.29, 1.82) is 0 Å². The molecule has 0 aliphatic heterocycles. The van der Waals surface area contributed by atoms with Crippen LogP contribution in [0.15, 0.2) is 48.5 Å². The van der Waals surface area contributed by atoms with Crippen LogP contribution in [0.5, 0.6) is 0 Å². The minimum Gasteiger partial charge on any atom is -0.347 e. The average molecular weight is 361 g/mol. The molecule has 2 aromatic carbocycles. The van der Waals surface area contributed by atoms with E-state index in [1.54, 1.807) is 12.1 Å². The first-order valence-corrected chi connectivity index (χ1v) is 8.49. The average Bonchev–Trinajstić information content (AvgIpc) is 2.56. The van der Waals surface area contributed by atoms with Gasteiger partial charge in [0.1, 0.15) is 0 Å². The molecule has 2 aromatic rings. The third-order valence-electron chi connectivity index (χ3n) is 3.66. The van der Waals surface area contributed by atoms with Gasteiger partial charge in [0.2, 0.25) is 0 Å². The quantitative estimate of drug-likeness (QED) is 0.699. The van der Waals surface area contributed by atoms with Gasteiger partial charge in [-0.25, -0.2) is 0 Å². The molecule has 0 aliphatic carbocycles. The minimum absolute atomic E-state index is 0.101. The first kappa shape index (κ1) is 19.0. The van der Waals surface area contributed by atoms with Gasteiger partial charge < -0.3 is 15.5 Å². The predicted octanol–water partition coefficient (Wildman–Crippen LogP) is 1.42. The van der Waals surface area contributed by atoms with Gasteiger partial charge in [0, 0.05) is 17.3 Å². The van der Waals surface area contributed by atoms with Gasteiger partial charge in [-0.1, -0.05) is 41.4 Å². The summed E-state index contributed by atoms with van der Waals surface area (Å²) in [6.07, 6.45) is 0. The van der Waals surface area contributed by atoms with E-state index in [1.165, 1.54) is 0 Å². The summed E-state index contributed by atoms with van der Waals surface area (Å²) < 4.78 is 0. The monoisotopic (exact) mass is 360 g/mol. The van der Waals surface area contributed by atoms with Gasteiger partial charge in [0.25, 0.3) is 11.8 Å². The van der Waals surface area contributed by atoms with Crippen molar-refractivity contribution in [3.63, 3.8) is 0 Å². The van der Waals surface area contributed by atoms with E-state index in [0.717, 1.165) is 21.7 Å². The van der Waals surface area contributed by atoms with Crippen LogP contribution >= 0.6 is 11.6 Å². The molecule has 132 valence electrons. The van der Waals surface area contributed by atoms with E-state index in [-0.39, 0.29) is 24.9 Å². The maximum Gasteiger partial charge on any atom is 0.279 e. The summed E-state index contributed by atoms with van der Waals surface area (Å²) in [6, 6.07) is 14.9. The first-order chi connectivity index (χ1) is 11.9. The Bertz CT molecular complexity index is 714. The molecule has 5 nitrogen and oxygen atoms in total. The third-order valence-corrected chi connectivity index (χ3v) is 3.91. The van der Waals surface area contributed by atoms with Crippen molar-refractivity contribution < 1.29 is 14.5 Å². The van der Waals surface area contributed by atoms with Crippen LogP contribution in [0.2, 0.25) is 5.02 Å². The summed E-state index contributed by atoms with van der Waals surface area (Å²) in [5.41, 5.74) is 2.88. The Hall–Kier alpha value is -2.37. The fraction of sp³-hybridized carbons (Fsp3) is 0.263. The summed E-state index contributed by atoms with van der Waals surface area (Å²) in [5.74, 6) is -0.220. The van der Waals surface area contributed by atoms with Crippen molar-refractivity contribution in [3.05, 3.63) is 64.7 Å². The van der Waals surface area contributed by atoms with Gasteiger partial charge in [-0.2, -0.15) is 0 Å². The fourth-order valence-electron chi connectivity index (χ4n) is 2.32. The van der Waals surface area contributed by atoms with Crippen LogP contribution in [-0.2, 0) is 16.1 Å². The highest BCUT2D eigenvalue weighted by Gasteiger charge is 2.14. The first-order valence-electron chi connectivity index (χ1n) is 8.11. The second-order valence-corrected chi connectivity index (χ2v) is 6.56. The van der Waals surface area contributed by atoms with Crippen LogP contribution in [-0.4, -0.2) is 32.0 Å². The van der Waals surface area contributed by atoms with Crippen LogP contribution in [0.4, 0.5) is 5.69 Å². The number of anilines is 1. The number of benzene rings is 2. The topological polar surface area (TPSA) is 62.6 Å². The van der Waals surface area contributed by atoms with E-state index >= 15 is 0 Å². The molecular weight excluding hydrogens is 338 g/mol. The summed E-state index contributed by atoms with van der Waals surface area (Å²) in [4.78, 5) is 24.8. The van der Waals surface area contributed by atoms with Gasteiger partial charge in [-0.05, 0) is 36.8 Å². The van der Waals surface area contributed by atoms with E-state index in [2.05, 4.69) is 10.6 Å². The summed E-state index contributed by atoms with van der Waals surface area (Å²) >= 11 is 5.83. The standard InChI is InChI=1S/C19H22ClN3O2/c1-14-3-9-17(10-4-14)22-19(25)13-23(2)12-18(24)21-11-15-5-7-16(20)8-6-15/h3-10H,11-13H2,1-2H3,(H,21,24)(H,22,25)/p+1. The normalized spacial score (nSPS) is 11.6. The van der Waals surface area contributed by atoms with Gasteiger partial charge >= 0.3 is 0 Å². The summed E-state index contributed by atoms with van der Waals surface area (Å²) in [5, 5.41) is 6.34. The number of hydrogen-bond donors (Lipinski definition) is 3. The lowest BCUT2D eigenvalue weighted by molar-refractivity contribution is -0.862. The van der Waals surface area contributed by atoms with E-state index in [9.17, 15) is 9.59 Å². The van der Waals surface area contributed by atoms with Crippen molar-refractivity contribution in [1.82, 2.24) is 5.32 Å². The zero-order valence-corrected chi connectivity index (χ0v) is 15.2.